The third kappa shape index (κ3) is 5.18. The minimum absolute atomic E-state index is 0.223. The van der Waals surface area contributed by atoms with E-state index in [0.717, 1.165) is 9.86 Å². The Balaban J connectivity index is 1.67. The largest absolute Gasteiger partial charge is 0.480 e. The van der Waals surface area contributed by atoms with Crippen LogP contribution in [0.3, 0.4) is 0 Å². The number of pyridine rings is 1. The lowest BCUT2D eigenvalue weighted by Crippen LogP contribution is -2.20. The molecule has 0 bridgehead atoms. The van der Waals surface area contributed by atoms with E-state index < -0.39 is 5.76 Å². The second-order valence-electron chi connectivity index (χ2n) is 5.31. The van der Waals surface area contributed by atoms with Crippen LogP contribution in [0.15, 0.2) is 62.5 Å². The number of aromatic nitrogens is 1. The van der Waals surface area contributed by atoms with Gasteiger partial charge >= 0.3 is 0 Å². The van der Waals surface area contributed by atoms with E-state index in [0.29, 0.717) is 38.1 Å². The summed E-state index contributed by atoms with van der Waals surface area (Å²) >= 11 is 7.35. The van der Waals surface area contributed by atoms with Crippen molar-refractivity contribution >= 4 is 66.1 Å². The molecule has 4 nitrogen and oxygen atoms in total. The van der Waals surface area contributed by atoms with E-state index in [1.807, 2.05) is 18.2 Å². The number of carbonyl (C=O) groups excluding carboxylic acids is 1. The monoisotopic (exact) mass is 516 g/mol. The molecule has 0 radical (unpaired) electrons. The molecule has 0 unspecified atom stereocenters. The van der Waals surface area contributed by atoms with E-state index >= 15 is 0 Å². The Morgan fingerprint density at radius 1 is 1.19 bits per heavy atom. The van der Waals surface area contributed by atoms with Gasteiger partial charge in [-0.25, -0.2) is 0 Å². The molecule has 0 aliphatic carbocycles. The zero-order valence-electron chi connectivity index (χ0n) is 13.6. The molecule has 27 heavy (non-hydrogen) atoms. The molecule has 2 aromatic carbocycles. The molecule has 0 fully saturated rings. The molecule has 0 spiro atoms. The van der Waals surface area contributed by atoms with Crippen LogP contribution in [0.2, 0.25) is 0 Å². The SMILES string of the molecule is O=C(COc1c(Br)cc(Br)c2cccnc12)Nc1ccc(SC(F)F)cc1. The highest BCUT2D eigenvalue weighted by molar-refractivity contribution is 9.11. The number of fused-ring (bicyclic) bond motifs is 1. The van der Waals surface area contributed by atoms with Crippen molar-refractivity contribution < 1.29 is 18.3 Å². The highest BCUT2D eigenvalue weighted by Gasteiger charge is 2.14. The van der Waals surface area contributed by atoms with E-state index in [1.54, 1.807) is 18.3 Å². The zero-order valence-corrected chi connectivity index (χ0v) is 17.6. The summed E-state index contributed by atoms with van der Waals surface area (Å²) in [4.78, 5) is 16.9. The van der Waals surface area contributed by atoms with Crippen molar-refractivity contribution in [3.8, 4) is 5.75 Å². The fourth-order valence-corrected chi connectivity index (χ4v) is 4.22. The third-order valence-electron chi connectivity index (χ3n) is 3.46. The fraction of sp³-hybridized carbons (Fsp3) is 0.111. The summed E-state index contributed by atoms with van der Waals surface area (Å²) < 4.78 is 31.8. The molecule has 0 aliphatic rings. The topological polar surface area (TPSA) is 51.2 Å². The molecule has 9 heteroatoms. The number of carbonyl (C=O) groups is 1. The van der Waals surface area contributed by atoms with E-state index in [4.69, 9.17) is 4.74 Å². The maximum Gasteiger partial charge on any atom is 0.288 e. The summed E-state index contributed by atoms with van der Waals surface area (Å²) in [5.74, 6) is -2.39. The number of amides is 1. The molecule has 3 aromatic rings. The van der Waals surface area contributed by atoms with Crippen molar-refractivity contribution in [3.63, 3.8) is 0 Å². The number of halogens is 4. The van der Waals surface area contributed by atoms with Gasteiger partial charge in [-0.15, -0.1) is 0 Å². The van der Waals surface area contributed by atoms with Crippen molar-refractivity contribution in [1.29, 1.82) is 0 Å². The second-order valence-corrected chi connectivity index (χ2v) is 8.08. The van der Waals surface area contributed by atoms with Crippen molar-refractivity contribution in [2.45, 2.75) is 10.7 Å². The highest BCUT2D eigenvalue weighted by Crippen LogP contribution is 2.37. The predicted octanol–water partition coefficient (Wildman–Crippen LogP) is 6.09. The van der Waals surface area contributed by atoms with Crippen molar-refractivity contribution in [1.82, 2.24) is 4.98 Å². The maximum absolute atomic E-state index is 12.3. The minimum atomic E-state index is -2.48. The first-order chi connectivity index (χ1) is 12.9. The van der Waals surface area contributed by atoms with E-state index in [9.17, 15) is 13.6 Å². The quantitative estimate of drug-likeness (QED) is 0.402. The molecule has 0 saturated carbocycles. The third-order valence-corrected chi connectivity index (χ3v) is 5.43. The number of benzene rings is 2. The number of nitrogens with zero attached hydrogens (tertiary/aromatic N) is 1. The summed E-state index contributed by atoms with van der Waals surface area (Å²) in [6.07, 6.45) is 1.65. The summed E-state index contributed by atoms with van der Waals surface area (Å²) in [6, 6.07) is 11.7. The van der Waals surface area contributed by atoms with Crippen LogP contribution in [0, 0.1) is 0 Å². The normalized spacial score (nSPS) is 11.0. The average molecular weight is 518 g/mol. The molecule has 1 heterocycles. The van der Waals surface area contributed by atoms with E-state index in [-0.39, 0.29) is 12.5 Å². The molecule has 0 saturated heterocycles. The van der Waals surface area contributed by atoms with Gasteiger partial charge in [-0.05, 0) is 52.3 Å². The van der Waals surface area contributed by atoms with Crippen LogP contribution < -0.4 is 10.1 Å². The number of nitrogens with one attached hydrogen (secondary N) is 1. The Morgan fingerprint density at radius 2 is 1.93 bits per heavy atom. The van der Waals surface area contributed by atoms with Crippen LogP contribution in [0.1, 0.15) is 0 Å². The van der Waals surface area contributed by atoms with Gasteiger partial charge < -0.3 is 10.1 Å². The van der Waals surface area contributed by atoms with Crippen LogP contribution in [0.4, 0.5) is 14.5 Å². The standard InChI is InChI=1S/C18H12Br2F2N2O2S/c19-13-8-14(20)17(16-12(13)2-1-7-23-16)26-9-15(25)24-10-3-5-11(6-4-10)27-18(21)22/h1-8,18H,9H2,(H,24,25). The Bertz CT molecular complexity index is 971. The Kier molecular flexibility index (Phi) is 6.67. The molecule has 140 valence electrons. The van der Waals surface area contributed by atoms with Crippen LogP contribution in [0.25, 0.3) is 10.9 Å². The summed E-state index contributed by atoms with van der Waals surface area (Å²) in [5.41, 5.74) is 1.12. The van der Waals surface area contributed by atoms with Gasteiger partial charge in [0.05, 0.1) is 4.47 Å². The molecule has 1 amide bonds. The Hall–Kier alpha value is -1.71. The van der Waals surface area contributed by atoms with Gasteiger partial charge in [-0.2, -0.15) is 8.78 Å². The van der Waals surface area contributed by atoms with Crippen LogP contribution in [0.5, 0.6) is 5.75 Å². The van der Waals surface area contributed by atoms with E-state index in [1.165, 1.54) is 12.1 Å². The smallest absolute Gasteiger partial charge is 0.288 e. The lowest BCUT2D eigenvalue weighted by atomic mass is 10.2. The lowest BCUT2D eigenvalue weighted by Gasteiger charge is -2.12. The van der Waals surface area contributed by atoms with Crippen molar-refractivity contribution in [2.24, 2.45) is 0 Å². The number of rotatable bonds is 6. The lowest BCUT2D eigenvalue weighted by molar-refractivity contribution is -0.118. The van der Waals surface area contributed by atoms with Gasteiger partial charge in [0.25, 0.3) is 11.7 Å². The van der Waals surface area contributed by atoms with Crippen molar-refractivity contribution in [2.75, 3.05) is 11.9 Å². The van der Waals surface area contributed by atoms with Gasteiger partial charge in [0.2, 0.25) is 0 Å². The van der Waals surface area contributed by atoms with Gasteiger partial charge in [-0.3, -0.25) is 9.78 Å². The van der Waals surface area contributed by atoms with Gasteiger partial charge in [0.15, 0.2) is 12.4 Å². The number of hydrogen-bond donors (Lipinski definition) is 1. The zero-order chi connectivity index (χ0) is 19.4. The molecule has 0 atom stereocenters. The first-order valence-electron chi connectivity index (χ1n) is 7.64. The number of hydrogen-bond acceptors (Lipinski definition) is 4. The highest BCUT2D eigenvalue weighted by atomic mass is 79.9. The average Bonchev–Trinajstić information content (AvgIpc) is 2.63. The van der Waals surface area contributed by atoms with Crippen LogP contribution in [-0.2, 0) is 4.79 Å². The van der Waals surface area contributed by atoms with Gasteiger partial charge in [0.1, 0.15) is 5.52 Å². The molecule has 1 N–H and O–H groups in total. The Morgan fingerprint density at radius 3 is 2.63 bits per heavy atom. The molecule has 0 aliphatic heterocycles. The number of thioether (sulfide) groups is 1. The van der Waals surface area contributed by atoms with Crippen LogP contribution in [-0.4, -0.2) is 23.3 Å². The second kappa shape index (κ2) is 8.99. The number of alkyl halides is 2. The van der Waals surface area contributed by atoms with Crippen molar-refractivity contribution in [3.05, 3.63) is 57.6 Å². The first-order valence-corrected chi connectivity index (χ1v) is 10.1. The fourth-order valence-electron chi connectivity index (χ4n) is 2.34. The summed E-state index contributed by atoms with van der Waals surface area (Å²) in [5, 5.41) is 3.53. The predicted molar refractivity (Wildman–Crippen MR) is 110 cm³/mol. The van der Waals surface area contributed by atoms with Gasteiger partial charge in [-0.1, -0.05) is 33.8 Å². The molecule has 1 aromatic heterocycles. The minimum Gasteiger partial charge on any atom is -0.480 e. The summed E-state index contributed by atoms with van der Waals surface area (Å²) in [7, 11) is 0. The van der Waals surface area contributed by atoms with Gasteiger partial charge in [0, 0.05) is 26.6 Å². The number of ether oxygens (including phenoxy) is 1. The number of anilines is 1. The van der Waals surface area contributed by atoms with E-state index in [2.05, 4.69) is 42.2 Å². The Labute approximate surface area is 174 Å². The summed E-state index contributed by atoms with van der Waals surface area (Å²) in [6.45, 7) is -0.223. The molecule has 3 rings (SSSR count). The maximum atomic E-state index is 12.3. The first kappa shape index (κ1) is 20.0. The molecular formula is C18H12Br2F2N2O2S. The molecular weight excluding hydrogens is 506 g/mol. The van der Waals surface area contributed by atoms with Crippen LogP contribution >= 0.6 is 43.6 Å².